The molecule has 1 aromatic heterocycles. The third-order valence-electron chi connectivity index (χ3n) is 5.33. The third-order valence-corrected chi connectivity index (χ3v) is 5.33. The Labute approximate surface area is 181 Å². The minimum absolute atomic E-state index is 0.0627. The molecule has 1 aliphatic rings. The lowest BCUT2D eigenvalue weighted by Crippen LogP contribution is -2.22. The number of amides is 1. The van der Waals surface area contributed by atoms with Crippen LogP contribution in [-0.4, -0.2) is 22.5 Å². The van der Waals surface area contributed by atoms with Crippen LogP contribution in [0.5, 0.6) is 0 Å². The minimum Gasteiger partial charge on any atom is -0.449 e. The van der Waals surface area contributed by atoms with Crippen molar-refractivity contribution >= 4 is 11.8 Å². The quantitative estimate of drug-likeness (QED) is 0.566. The lowest BCUT2D eigenvalue weighted by molar-refractivity contribution is 0.115. The fraction of sp³-hybridized carbons (Fsp3) is 0.261. The fourth-order valence-electron chi connectivity index (χ4n) is 3.35. The SMILES string of the molecule is O=C(Nc1cccc(Cc2nn(-c3cc(F)c(F)c(F)c3)ccc2=O)c1)OCC1CCC1. The zero-order chi connectivity index (χ0) is 22.7. The van der Waals surface area contributed by atoms with Gasteiger partial charge in [-0.3, -0.25) is 10.1 Å². The first kappa shape index (κ1) is 21.6. The summed E-state index contributed by atoms with van der Waals surface area (Å²) < 4.78 is 46.7. The van der Waals surface area contributed by atoms with Gasteiger partial charge in [0.05, 0.1) is 12.3 Å². The van der Waals surface area contributed by atoms with E-state index in [0.717, 1.165) is 36.1 Å². The first-order valence-electron chi connectivity index (χ1n) is 10.2. The lowest BCUT2D eigenvalue weighted by Gasteiger charge is -2.24. The van der Waals surface area contributed by atoms with Crippen LogP contribution >= 0.6 is 0 Å². The number of aromatic nitrogens is 2. The van der Waals surface area contributed by atoms with E-state index in [1.807, 2.05) is 0 Å². The number of ether oxygens (including phenoxy) is 1. The highest BCUT2D eigenvalue weighted by molar-refractivity contribution is 5.84. The summed E-state index contributed by atoms with van der Waals surface area (Å²) in [6.45, 7) is 0.392. The van der Waals surface area contributed by atoms with Crippen LogP contribution in [0.1, 0.15) is 30.5 Å². The van der Waals surface area contributed by atoms with Crippen molar-refractivity contribution in [3.8, 4) is 5.69 Å². The van der Waals surface area contributed by atoms with Gasteiger partial charge in [-0.25, -0.2) is 22.6 Å². The monoisotopic (exact) mass is 443 g/mol. The van der Waals surface area contributed by atoms with Crippen molar-refractivity contribution in [1.82, 2.24) is 9.78 Å². The van der Waals surface area contributed by atoms with Gasteiger partial charge in [0, 0.05) is 36.5 Å². The van der Waals surface area contributed by atoms with Crippen LogP contribution in [0.25, 0.3) is 5.69 Å². The van der Waals surface area contributed by atoms with Gasteiger partial charge in [-0.1, -0.05) is 18.6 Å². The minimum atomic E-state index is -1.58. The van der Waals surface area contributed by atoms with Crippen LogP contribution in [0.2, 0.25) is 0 Å². The summed E-state index contributed by atoms with van der Waals surface area (Å²) in [4.78, 5) is 24.2. The van der Waals surface area contributed by atoms with Crippen molar-refractivity contribution in [1.29, 1.82) is 0 Å². The summed E-state index contributed by atoms with van der Waals surface area (Å²) in [6.07, 6.45) is 4.11. The zero-order valence-corrected chi connectivity index (χ0v) is 17.0. The van der Waals surface area contributed by atoms with Crippen molar-refractivity contribution in [2.75, 3.05) is 11.9 Å². The summed E-state index contributed by atoms with van der Waals surface area (Å²) in [5, 5.41) is 6.80. The predicted octanol–water partition coefficient (Wildman–Crippen LogP) is 4.59. The number of carbonyl (C=O) groups is 1. The van der Waals surface area contributed by atoms with Crippen LogP contribution in [0.4, 0.5) is 23.7 Å². The van der Waals surface area contributed by atoms with Crippen LogP contribution < -0.4 is 10.7 Å². The molecule has 4 rings (SSSR count). The van der Waals surface area contributed by atoms with E-state index in [0.29, 0.717) is 23.8 Å². The van der Waals surface area contributed by atoms with Crippen molar-refractivity contribution in [3.05, 3.63) is 87.6 Å². The molecule has 2 aromatic carbocycles. The molecule has 0 spiro atoms. The normalized spacial score (nSPS) is 13.5. The maximum Gasteiger partial charge on any atom is 0.411 e. The number of rotatable bonds is 6. The maximum atomic E-state index is 13.6. The molecule has 3 aromatic rings. The van der Waals surface area contributed by atoms with E-state index in [1.54, 1.807) is 24.3 Å². The molecule has 1 N–H and O–H groups in total. The molecule has 32 heavy (non-hydrogen) atoms. The van der Waals surface area contributed by atoms with Crippen LogP contribution in [0, 0.1) is 23.4 Å². The first-order chi connectivity index (χ1) is 15.4. The Morgan fingerprint density at radius 1 is 1.12 bits per heavy atom. The molecular formula is C23H20F3N3O3. The van der Waals surface area contributed by atoms with Crippen LogP contribution in [0.15, 0.2) is 53.5 Å². The van der Waals surface area contributed by atoms with Gasteiger partial charge in [0.1, 0.15) is 5.69 Å². The Hall–Kier alpha value is -3.62. The summed E-state index contributed by atoms with van der Waals surface area (Å²) in [5.74, 6) is -3.86. The second kappa shape index (κ2) is 9.25. The molecular weight excluding hydrogens is 423 g/mol. The van der Waals surface area contributed by atoms with E-state index < -0.39 is 23.5 Å². The number of halogens is 3. The number of nitrogens with zero attached hydrogens (tertiary/aromatic N) is 2. The molecule has 1 saturated carbocycles. The average Bonchev–Trinajstić information content (AvgIpc) is 2.72. The maximum absolute atomic E-state index is 13.6. The summed E-state index contributed by atoms with van der Waals surface area (Å²) in [7, 11) is 0. The van der Waals surface area contributed by atoms with Gasteiger partial charge in [0.25, 0.3) is 0 Å². The van der Waals surface area contributed by atoms with Gasteiger partial charge < -0.3 is 4.74 Å². The Kier molecular flexibility index (Phi) is 6.25. The van der Waals surface area contributed by atoms with E-state index in [1.165, 1.54) is 12.3 Å². The number of hydrogen-bond acceptors (Lipinski definition) is 4. The summed E-state index contributed by atoms with van der Waals surface area (Å²) >= 11 is 0. The van der Waals surface area contributed by atoms with E-state index in [9.17, 15) is 22.8 Å². The Bertz CT molecular complexity index is 1190. The number of benzene rings is 2. The molecule has 0 atom stereocenters. The van der Waals surface area contributed by atoms with Gasteiger partial charge in [-0.2, -0.15) is 5.10 Å². The second-order valence-corrected chi connectivity index (χ2v) is 7.69. The van der Waals surface area contributed by atoms with Gasteiger partial charge in [0.2, 0.25) is 5.43 Å². The average molecular weight is 443 g/mol. The van der Waals surface area contributed by atoms with Crippen molar-refractivity contribution in [2.45, 2.75) is 25.7 Å². The number of hydrogen-bond donors (Lipinski definition) is 1. The highest BCUT2D eigenvalue weighted by Crippen LogP contribution is 2.26. The van der Waals surface area contributed by atoms with Crippen molar-refractivity contribution < 1.29 is 22.7 Å². The second-order valence-electron chi connectivity index (χ2n) is 7.69. The first-order valence-corrected chi connectivity index (χ1v) is 10.2. The predicted molar refractivity (Wildman–Crippen MR) is 111 cm³/mol. The summed E-state index contributed by atoms with van der Waals surface area (Å²) in [5.41, 5.74) is 0.859. The van der Waals surface area contributed by atoms with Crippen molar-refractivity contribution in [3.63, 3.8) is 0 Å². The van der Waals surface area contributed by atoms with E-state index in [-0.39, 0.29) is 23.2 Å². The number of anilines is 1. The van der Waals surface area contributed by atoms with Crippen molar-refractivity contribution in [2.24, 2.45) is 5.92 Å². The Morgan fingerprint density at radius 3 is 2.56 bits per heavy atom. The molecule has 0 saturated heterocycles. The van der Waals surface area contributed by atoms with Gasteiger partial charge >= 0.3 is 6.09 Å². The molecule has 1 heterocycles. The molecule has 6 nitrogen and oxygen atoms in total. The van der Waals surface area contributed by atoms with Gasteiger partial charge in [0.15, 0.2) is 17.5 Å². The molecule has 0 bridgehead atoms. The molecule has 1 fully saturated rings. The summed E-state index contributed by atoms with van der Waals surface area (Å²) in [6, 6.07) is 9.62. The number of nitrogens with one attached hydrogen (secondary N) is 1. The third kappa shape index (κ3) is 4.99. The molecule has 1 amide bonds. The van der Waals surface area contributed by atoms with E-state index in [2.05, 4.69) is 10.4 Å². The van der Waals surface area contributed by atoms with Gasteiger partial charge in [-0.15, -0.1) is 0 Å². The Morgan fingerprint density at radius 2 is 1.88 bits per heavy atom. The van der Waals surface area contributed by atoms with E-state index >= 15 is 0 Å². The molecule has 0 unspecified atom stereocenters. The highest BCUT2D eigenvalue weighted by atomic mass is 19.2. The largest absolute Gasteiger partial charge is 0.449 e. The molecule has 0 radical (unpaired) electrons. The van der Waals surface area contributed by atoms with Gasteiger partial charge in [-0.05, 0) is 36.5 Å². The van der Waals surface area contributed by atoms with E-state index in [4.69, 9.17) is 4.74 Å². The number of carbonyl (C=O) groups excluding carboxylic acids is 1. The lowest BCUT2D eigenvalue weighted by atomic mass is 9.86. The molecule has 1 aliphatic carbocycles. The Balaban J connectivity index is 1.49. The standard InChI is InChI=1S/C23H20F3N3O3/c24-18-11-17(12-19(25)22(18)26)29-8-7-21(30)20(28-29)10-15-5-2-6-16(9-15)27-23(31)32-13-14-3-1-4-14/h2,5-9,11-12,14H,1,3-4,10,13H2,(H,27,31). The van der Waals surface area contributed by atoms with Crippen LogP contribution in [0.3, 0.4) is 0 Å². The highest BCUT2D eigenvalue weighted by Gasteiger charge is 2.19. The molecule has 166 valence electrons. The molecule has 0 aliphatic heterocycles. The molecule has 9 heteroatoms. The topological polar surface area (TPSA) is 73.2 Å². The fourth-order valence-corrected chi connectivity index (χ4v) is 3.35. The zero-order valence-electron chi connectivity index (χ0n) is 17.0. The smallest absolute Gasteiger partial charge is 0.411 e. The van der Waals surface area contributed by atoms with Crippen LogP contribution in [-0.2, 0) is 11.2 Å².